The van der Waals surface area contributed by atoms with Gasteiger partial charge in [-0.15, -0.1) is 24.0 Å². The van der Waals surface area contributed by atoms with E-state index in [-0.39, 0.29) is 24.0 Å². The standard InChI is InChI=1S/C19H31ClN4O2.HI/c1-21-19(22-9-3-4-10-24-12-14-25-15-13-24)23(2)11-16-26-18-7-5-17(20)6-8-18;/h5-8H,3-4,9-16H2,1-2H3,(H,21,22);1H. The lowest BCUT2D eigenvalue weighted by Crippen LogP contribution is -2.41. The second kappa shape index (κ2) is 14.3. The highest BCUT2D eigenvalue weighted by Gasteiger charge is 2.09. The van der Waals surface area contributed by atoms with Crippen LogP contribution in [0.15, 0.2) is 29.3 Å². The Bertz CT molecular complexity index is 539. The maximum absolute atomic E-state index is 5.88. The summed E-state index contributed by atoms with van der Waals surface area (Å²) < 4.78 is 11.1. The molecular weight excluding hydrogens is 479 g/mol. The van der Waals surface area contributed by atoms with Gasteiger partial charge in [-0.1, -0.05) is 11.6 Å². The molecule has 0 amide bonds. The van der Waals surface area contributed by atoms with Gasteiger partial charge in [0.05, 0.1) is 19.8 Å². The van der Waals surface area contributed by atoms with Crippen LogP contribution in [0.1, 0.15) is 12.8 Å². The molecule has 0 unspecified atom stereocenters. The van der Waals surface area contributed by atoms with Crippen LogP contribution in [-0.2, 0) is 4.74 Å². The average Bonchev–Trinajstić information content (AvgIpc) is 2.67. The van der Waals surface area contributed by atoms with E-state index in [0.29, 0.717) is 11.6 Å². The predicted molar refractivity (Wildman–Crippen MR) is 123 cm³/mol. The van der Waals surface area contributed by atoms with Crippen LogP contribution >= 0.6 is 35.6 Å². The molecule has 1 aromatic carbocycles. The third kappa shape index (κ3) is 9.82. The van der Waals surface area contributed by atoms with Crippen LogP contribution in [0.5, 0.6) is 5.75 Å². The molecule has 0 spiro atoms. The van der Waals surface area contributed by atoms with E-state index in [4.69, 9.17) is 21.1 Å². The Morgan fingerprint density at radius 1 is 1.26 bits per heavy atom. The van der Waals surface area contributed by atoms with Crippen LogP contribution in [0.4, 0.5) is 0 Å². The van der Waals surface area contributed by atoms with Crippen molar-refractivity contribution in [2.45, 2.75) is 12.8 Å². The van der Waals surface area contributed by atoms with Gasteiger partial charge in [0.1, 0.15) is 12.4 Å². The summed E-state index contributed by atoms with van der Waals surface area (Å²) in [6.45, 7) is 7.29. The third-order valence-corrected chi connectivity index (χ3v) is 4.62. The van der Waals surface area contributed by atoms with Gasteiger partial charge in [0.15, 0.2) is 5.96 Å². The molecule has 8 heteroatoms. The highest BCUT2D eigenvalue weighted by molar-refractivity contribution is 14.0. The molecule has 1 N–H and O–H groups in total. The molecule has 0 atom stereocenters. The van der Waals surface area contributed by atoms with Gasteiger partial charge in [-0.2, -0.15) is 0 Å². The van der Waals surface area contributed by atoms with E-state index >= 15 is 0 Å². The van der Waals surface area contributed by atoms with Crippen LogP contribution < -0.4 is 10.1 Å². The zero-order valence-electron chi connectivity index (χ0n) is 16.3. The molecule has 1 heterocycles. The van der Waals surface area contributed by atoms with Crippen LogP contribution in [-0.4, -0.2) is 82.4 Å². The number of halogens is 2. The molecule has 1 saturated heterocycles. The van der Waals surface area contributed by atoms with Crippen LogP contribution in [0.3, 0.4) is 0 Å². The minimum Gasteiger partial charge on any atom is -0.492 e. The van der Waals surface area contributed by atoms with Crippen molar-refractivity contribution in [3.05, 3.63) is 29.3 Å². The van der Waals surface area contributed by atoms with Crippen molar-refractivity contribution in [2.24, 2.45) is 4.99 Å². The van der Waals surface area contributed by atoms with Gasteiger partial charge in [-0.05, 0) is 43.7 Å². The number of aliphatic imine (C=N–C) groups is 1. The number of nitrogens with one attached hydrogen (secondary N) is 1. The molecule has 0 aliphatic carbocycles. The normalized spacial score (nSPS) is 15.1. The lowest BCUT2D eigenvalue weighted by molar-refractivity contribution is 0.0372. The lowest BCUT2D eigenvalue weighted by atomic mass is 10.2. The summed E-state index contributed by atoms with van der Waals surface area (Å²) >= 11 is 5.88. The molecular formula is C19H32ClIN4O2. The fourth-order valence-electron chi connectivity index (χ4n) is 2.81. The molecule has 0 bridgehead atoms. The minimum atomic E-state index is 0. The van der Waals surface area contributed by atoms with Crippen molar-refractivity contribution in [3.63, 3.8) is 0 Å². The Morgan fingerprint density at radius 3 is 2.63 bits per heavy atom. The van der Waals surface area contributed by atoms with Crippen molar-refractivity contribution >= 4 is 41.5 Å². The number of ether oxygens (including phenoxy) is 2. The van der Waals surface area contributed by atoms with Crippen molar-refractivity contribution in [3.8, 4) is 5.75 Å². The molecule has 6 nitrogen and oxygen atoms in total. The van der Waals surface area contributed by atoms with Gasteiger partial charge in [0.2, 0.25) is 0 Å². The van der Waals surface area contributed by atoms with Crippen LogP contribution in [0, 0.1) is 0 Å². The molecule has 1 fully saturated rings. The van der Waals surface area contributed by atoms with E-state index in [1.807, 2.05) is 38.4 Å². The summed E-state index contributed by atoms with van der Waals surface area (Å²) in [5, 5.41) is 4.14. The lowest BCUT2D eigenvalue weighted by Gasteiger charge is -2.26. The summed E-state index contributed by atoms with van der Waals surface area (Å²) in [6.07, 6.45) is 2.32. The maximum Gasteiger partial charge on any atom is 0.193 e. The summed E-state index contributed by atoms with van der Waals surface area (Å²) in [4.78, 5) is 8.90. The zero-order valence-corrected chi connectivity index (χ0v) is 19.4. The SMILES string of the molecule is CN=C(NCCCCN1CCOCC1)N(C)CCOc1ccc(Cl)cc1.I. The number of benzene rings is 1. The first-order valence-electron chi connectivity index (χ1n) is 9.29. The highest BCUT2D eigenvalue weighted by atomic mass is 127. The van der Waals surface area contributed by atoms with Crippen molar-refractivity contribution < 1.29 is 9.47 Å². The first-order valence-corrected chi connectivity index (χ1v) is 9.67. The Labute approximate surface area is 185 Å². The van der Waals surface area contributed by atoms with Crippen molar-refractivity contribution in [1.82, 2.24) is 15.1 Å². The molecule has 1 aliphatic rings. The Kier molecular flexibility index (Phi) is 12.8. The van der Waals surface area contributed by atoms with Gasteiger partial charge < -0.3 is 19.7 Å². The van der Waals surface area contributed by atoms with Gasteiger partial charge in [-0.25, -0.2) is 0 Å². The number of hydrogen-bond acceptors (Lipinski definition) is 4. The molecule has 0 aromatic heterocycles. The van der Waals surface area contributed by atoms with Gasteiger partial charge in [-0.3, -0.25) is 9.89 Å². The zero-order chi connectivity index (χ0) is 18.6. The number of rotatable bonds is 9. The van der Waals surface area contributed by atoms with E-state index < -0.39 is 0 Å². The smallest absolute Gasteiger partial charge is 0.193 e. The van der Waals surface area contributed by atoms with Crippen LogP contribution in [0.2, 0.25) is 5.02 Å². The molecule has 27 heavy (non-hydrogen) atoms. The van der Waals surface area contributed by atoms with Gasteiger partial charge in [0, 0.05) is 38.8 Å². The number of likely N-dealkylation sites (N-methyl/N-ethyl adjacent to an activating group) is 1. The predicted octanol–water partition coefficient (Wildman–Crippen LogP) is 2.96. The van der Waals surface area contributed by atoms with Crippen molar-refractivity contribution in [2.75, 3.05) is 66.6 Å². The Balaban J connectivity index is 0.00000364. The summed E-state index contributed by atoms with van der Waals surface area (Å²) in [6, 6.07) is 7.42. The van der Waals surface area contributed by atoms with Gasteiger partial charge in [0.25, 0.3) is 0 Å². The number of hydrogen-bond donors (Lipinski definition) is 1. The molecule has 1 aromatic rings. The summed E-state index contributed by atoms with van der Waals surface area (Å²) in [5.41, 5.74) is 0. The summed E-state index contributed by atoms with van der Waals surface area (Å²) in [5.74, 6) is 1.73. The van der Waals surface area contributed by atoms with E-state index in [0.717, 1.165) is 64.1 Å². The molecule has 2 rings (SSSR count). The minimum absolute atomic E-state index is 0. The van der Waals surface area contributed by atoms with E-state index in [1.54, 1.807) is 0 Å². The van der Waals surface area contributed by atoms with E-state index in [1.165, 1.54) is 6.42 Å². The second-order valence-corrected chi connectivity index (χ2v) is 6.80. The second-order valence-electron chi connectivity index (χ2n) is 6.36. The molecule has 154 valence electrons. The third-order valence-electron chi connectivity index (χ3n) is 4.37. The number of guanidine groups is 1. The fraction of sp³-hybridized carbons (Fsp3) is 0.632. The number of morpholine rings is 1. The van der Waals surface area contributed by atoms with E-state index in [9.17, 15) is 0 Å². The largest absolute Gasteiger partial charge is 0.492 e. The average molecular weight is 511 g/mol. The topological polar surface area (TPSA) is 49.3 Å². The maximum atomic E-state index is 5.88. The fourth-order valence-corrected chi connectivity index (χ4v) is 2.93. The highest BCUT2D eigenvalue weighted by Crippen LogP contribution is 2.15. The monoisotopic (exact) mass is 510 g/mol. The Hall–Kier alpha value is -0.770. The molecule has 1 aliphatic heterocycles. The first-order chi connectivity index (χ1) is 12.7. The van der Waals surface area contributed by atoms with E-state index in [2.05, 4.69) is 20.1 Å². The Morgan fingerprint density at radius 2 is 1.96 bits per heavy atom. The number of nitrogens with zero attached hydrogens (tertiary/aromatic N) is 3. The quantitative estimate of drug-likeness (QED) is 0.240. The number of unbranched alkanes of at least 4 members (excludes halogenated alkanes) is 1. The summed E-state index contributed by atoms with van der Waals surface area (Å²) in [7, 11) is 3.83. The molecule has 0 radical (unpaired) electrons. The van der Waals surface area contributed by atoms with Crippen LogP contribution in [0.25, 0.3) is 0 Å². The molecule has 0 saturated carbocycles. The first kappa shape index (κ1) is 24.3. The van der Waals surface area contributed by atoms with Crippen molar-refractivity contribution in [1.29, 1.82) is 0 Å². The van der Waals surface area contributed by atoms with Gasteiger partial charge >= 0.3 is 0 Å².